The van der Waals surface area contributed by atoms with Crippen molar-refractivity contribution in [2.75, 3.05) is 0 Å². The van der Waals surface area contributed by atoms with Gasteiger partial charge in [0.1, 0.15) is 0 Å². The van der Waals surface area contributed by atoms with Crippen LogP contribution in [0.5, 0.6) is 0 Å². The second kappa shape index (κ2) is 5.36. The summed E-state index contributed by atoms with van der Waals surface area (Å²) in [5.74, 6) is 0. The van der Waals surface area contributed by atoms with Gasteiger partial charge >= 0.3 is 0 Å². The van der Waals surface area contributed by atoms with Gasteiger partial charge in [-0.25, -0.2) is 0 Å². The molecule has 0 atom stereocenters. The third kappa shape index (κ3) is 8.57. The van der Waals surface area contributed by atoms with Crippen LogP contribution in [0.2, 0.25) is 26.2 Å². The number of nitrogens with one attached hydrogen (secondary N) is 2. The highest BCUT2D eigenvalue weighted by atomic mass is 28.4. The van der Waals surface area contributed by atoms with Gasteiger partial charge in [0.05, 0.1) is 17.9 Å². The van der Waals surface area contributed by atoms with Crippen molar-refractivity contribution in [1.29, 1.82) is 0 Å². The molecule has 0 heterocycles. The highest BCUT2D eigenvalue weighted by Crippen LogP contribution is 1.69. The quantitative estimate of drug-likeness (QED) is 0.547. The summed E-state index contributed by atoms with van der Waals surface area (Å²) in [5.41, 5.74) is 0. The predicted molar refractivity (Wildman–Crippen MR) is 52.6 cm³/mol. The van der Waals surface area contributed by atoms with E-state index in [1.165, 1.54) is 0 Å². The average Bonchev–Trinajstić information content (AvgIpc) is 1.63. The SMILES string of the molecule is C[SiH](C)N[SiH2]N[SiH](C)C. The Morgan fingerprint density at radius 2 is 1.22 bits per heavy atom. The van der Waals surface area contributed by atoms with Gasteiger partial charge in [-0.2, -0.15) is 0 Å². The van der Waals surface area contributed by atoms with E-state index in [4.69, 9.17) is 0 Å². The summed E-state index contributed by atoms with van der Waals surface area (Å²) in [5, 5.41) is 0. The fraction of sp³-hybridized carbons (Fsp3) is 1.00. The molecule has 0 aromatic carbocycles. The summed E-state index contributed by atoms with van der Waals surface area (Å²) in [7, 11) is -0.976. The zero-order valence-electron chi connectivity index (χ0n) is 6.86. The maximum absolute atomic E-state index is 3.58. The molecule has 0 aliphatic rings. The van der Waals surface area contributed by atoms with E-state index in [0.29, 0.717) is 0 Å². The lowest BCUT2D eigenvalue weighted by molar-refractivity contribution is 1.37. The molecular formula is C4H18N2Si3. The number of hydrogen-bond donors (Lipinski definition) is 2. The minimum atomic E-state index is -0.458. The van der Waals surface area contributed by atoms with Crippen LogP contribution in [0.25, 0.3) is 0 Å². The summed E-state index contributed by atoms with van der Waals surface area (Å²) < 4.78 is 7.16. The molecular weight excluding hydrogens is 160 g/mol. The van der Waals surface area contributed by atoms with Gasteiger partial charge in [0.15, 0.2) is 9.84 Å². The smallest absolute Gasteiger partial charge is 0.153 e. The molecule has 0 aromatic rings. The van der Waals surface area contributed by atoms with Crippen LogP contribution in [-0.4, -0.2) is 27.8 Å². The zero-order valence-corrected chi connectivity index (χ0v) is 10.6. The molecule has 0 rings (SSSR count). The van der Waals surface area contributed by atoms with Gasteiger partial charge in [-0.05, 0) is 0 Å². The van der Waals surface area contributed by atoms with Crippen LogP contribution in [0.4, 0.5) is 0 Å². The Morgan fingerprint density at radius 3 is 1.44 bits per heavy atom. The summed E-state index contributed by atoms with van der Waals surface area (Å²) in [6, 6.07) is 0. The van der Waals surface area contributed by atoms with E-state index in [1.54, 1.807) is 0 Å². The Bertz CT molecular complexity index is 58.8. The monoisotopic (exact) mass is 178 g/mol. The first-order chi connectivity index (χ1) is 4.13. The van der Waals surface area contributed by atoms with Crippen LogP contribution in [-0.2, 0) is 0 Å². The molecule has 0 amide bonds. The minimum Gasteiger partial charge on any atom is -0.355 e. The molecule has 0 aromatic heterocycles. The van der Waals surface area contributed by atoms with Crippen LogP contribution in [0.3, 0.4) is 0 Å². The molecule has 0 aliphatic carbocycles. The van der Waals surface area contributed by atoms with Crippen LogP contribution in [0.15, 0.2) is 0 Å². The molecule has 2 nitrogen and oxygen atoms in total. The van der Waals surface area contributed by atoms with Gasteiger partial charge in [0.25, 0.3) is 0 Å². The predicted octanol–water partition coefficient (Wildman–Crippen LogP) is -0.869. The van der Waals surface area contributed by atoms with E-state index in [1.807, 2.05) is 0 Å². The fourth-order valence-corrected chi connectivity index (χ4v) is 5.27. The first kappa shape index (κ1) is 9.57. The Hall–Kier alpha value is 0.571. The molecule has 5 heteroatoms. The van der Waals surface area contributed by atoms with Crippen LogP contribution >= 0.6 is 0 Å². The fourth-order valence-electron chi connectivity index (χ4n) is 0.467. The second-order valence-electron chi connectivity index (χ2n) is 2.89. The highest BCUT2D eigenvalue weighted by molar-refractivity contribution is 6.69. The maximum atomic E-state index is 3.58. The molecule has 0 aliphatic heterocycles. The van der Waals surface area contributed by atoms with Gasteiger partial charge in [-0.15, -0.1) is 0 Å². The van der Waals surface area contributed by atoms with Crippen LogP contribution in [0.1, 0.15) is 0 Å². The summed E-state index contributed by atoms with van der Waals surface area (Å²) in [6.07, 6.45) is 0. The average molecular weight is 178 g/mol. The lowest BCUT2D eigenvalue weighted by Crippen LogP contribution is -2.44. The van der Waals surface area contributed by atoms with Crippen LogP contribution in [0, 0.1) is 0 Å². The first-order valence-electron chi connectivity index (χ1n) is 3.59. The third-order valence-electron chi connectivity index (χ3n) is 1.02. The third-order valence-corrected chi connectivity index (χ3v) is 9.19. The van der Waals surface area contributed by atoms with Gasteiger partial charge in [-0.3, -0.25) is 0 Å². The van der Waals surface area contributed by atoms with E-state index in [2.05, 4.69) is 35.5 Å². The van der Waals surface area contributed by atoms with Crippen molar-refractivity contribution in [3.63, 3.8) is 0 Å². The standard InChI is InChI=1S/C4H18N2Si3/c1-8(2)5-7-6-9(3)4/h5-6,8-9H,7H2,1-4H3. The molecule has 0 spiro atoms. The zero-order chi connectivity index (χ0) is 7.28. The molecule has 0 radical (unpaired) electrons. The highest BCUT2D eigenvalue weighted by Gasteiger charge is 1.95. The topological polar surface area (TPSA) is 24.1 Å². The van der Waals surface area contributed by atoms with Gasteiger partial charge in [-0.1, -0.05) is 26.2 Å². The molecule has 0 fully saturated rings. The molecule has 9 heavy (non-hydrogen) atoms. The van der Waals surface area contributed by atoms with Crippen molar-refractivity contribution in [1.82, 2.24) is 9.30 Å². The number of hydrogen-bond acceptors (Lipinski definition) is 2. The van der Waals surface area contributed by atoms with Crippen molar-refractivity contribution < 1.29 is 0 Å². The van der Waals surface area contributed by atoms with E-state index < -0.39 is 17.9 Å². The van der Waals surface area contributed by atoms with Gasteiger partial charge in [0, 0.05) is 0 Å². The Kier molecular flexibility index (Phi) is 5.70. The Morgan fingerprint density at radius 1 is 0.889 bits per heavy atom. The largest absolute Gasteiger partial charge is 0.355 e. The Labute approximate surface area is 63.8 Å². The molecule has 0 bridgehead atoms. The molecule has 2 N–H and O–H groups in total. The van der Waals surface area contributed by atoms with Crippen molar-refractivity contribution in [2.24, 2.45) is 0 Å². The number of rotatable bonds is 4. The molecule has 0 unspecified atom stereocenters. The second-order valence-corrected chi connectivity index (χ2v) is 11.1. The van der Waals surface area contributed by atoms with Gasteiger partial charge in [0.2, 0.25) is 0 Å². The summed E-state index contributed by atoms with van der Waals surface area (Å²) >= 11 is 0. The Balaban J connectivity index is 2.91. The van der Waals surface area contributed by atoms with E-state index >= 15 is 0 Å². The van der Waals surface area contributed by atoms with E-state index in [0.717, 1.165) is 0 Å². The molecule has 0 saturated heterocycles. The molecule has 0 saturated carbocycles. The van der Waals surface area contributed by atoms with E-state index in [9.17, 15) is 0 Å². The van der Waals surface area contributed by atoms with Crippen LogP contribution < -0.4 is 9.30 Å². The molecule has 56 valence electrons. The minimum absolute atomic E-state index is 0.0602. The first-order valence-corrected chi connectivity index (χ1v) is 10.8. The van der Waals surface area contributed by atoms with Crippen molar-refractivity contribution in [3.05, 3.63) is 0 Å². The summed E-state index contributed by atoms with van der Waals surface area (Å²) in [4.78, 5) is 0. The van der Waals surface area contributed by atoms with Crippen molar-refractivity contribution in [2.45, 2.75) is 26.2 Å². The maximum Gasteiger partial charge on any atom is 0.153 e. The lowest BCUT2D eigenvalue weighted by atomic mass is 11.9. The van der Waals surface area contributed by atoms with E-state index in [-0.39, 0.29) is 9.84 Å². The van der Waals surface area contributed by atoms with Crippen molar-refractivity contribution in [3.8, 4) is 0 Å². The summed E-state index contributed by atoms with van der Waals surface area (Å²) in [6.45, 7) is 9.32. The van der Waals surface area contributed by atoms with Gasteiger partial charge < -0.3 is 9.30 Å². The lowest BCUT2D eigenvalue weighted by Gasteiger charge is -2.08. The van der Waals surface area contributed by atoms with Crippen molar-refractivity contribution >= 4 is 27.8 Å². The normalized spacial score (nSPS) is 11.3.